The van der Waals surface area contributed by atoms with Gasteiger partial charge in [0.2, 0.25) is 0 Å². The van der Waals surface area contributed by atoms with Crippen molar-refractivity contribution in [2.75, 3.05) is 11.9 Å². The number of nitrogens with one attached hydrogen (secondary N) is 3. The molecule has 8 nitrogen and oxygen atoms in total. The first kappa shape index (κ1) is 23.7. The Kier molecular flexibility index (Phi) is 8.72. The SMILES string of the molecule is O=C(COc1ccc(/C=N\NC(=O)C(=O)Nc2ccc(Br)cc2)cc1)NCc1ccccc1. The molecule has 0 aliphatic heterocycles. The lowest BCUT2D eigenvalue weighted by Crippen LogP contribution is -2.32. The van der Waals surface area contributed by atoms with E-state index in [1.165, 1.54) is 6.21 Å². The molecule has 0 bridgehead atoms. The topological polar surface area (TPSA) is 109 Å². The van der Waals surface area contributed by atoms with Gasteiger partial charge in [-0.25, -0.2) is 5.43 Å². The summed E-state index contributed by atoms with van der Waals surface area (Å²) in [6, 6.07) is 23.2. The van der Waals surface area contributed by atoms with Crippen molar-refractivity contribution in [3.8, 4) is 5.75 Å². The van der Waals surface area contributed by atoms with Crippen molar-refractivity contribution in [3.63, 3.8) is 0 Å². The van der Waals surface area contributed by atoms with E-state index in [2.05, 4.69) is 37.1 Å². The van der Waals surface area contributed by atoms with E-state index in [1.54, 1.807) is 48.5 Å². The first-order chi connectivity index (χ1) is 16.0. The van der Waals surface area contributed by atoms with Crippen LogP contribution in [0.1, 0.15) is 11.1 Å². The highest BCUT2D eigenvalue weighted by molar-refractivity contribution is 9.10. The number of rotatable bonds is 8. The molecule has 3 amide bonds. The normalized spacial score (nSPS) is 10.5. The van der Waals surface area contributed by atoms with Crippen molar-refractivity contribution in [2.45, 2.75) is 6.54 Å². The Morgan fingerprint density at radius 1 is 0.879 bits per heavy atom. The van der Waals surface area contributed by atoms with Crippen LogP contribution in [0.5, 0.6) is 5.75 Å². The third-order valence-corrected chi connectivity index (χ3v) is 4.80. The van der Waals surface area contributed by atoms with Crippen LogP contribution in [0.25, 0.3) is 0 Å². The maximum atomic E-state index is 11.9. The number of hydrogen-bond donors (Lipinski definition) is 3. The number of nitrogens with zero attached hydrogens (tertiary/aromatic N) is 1. The Hall–Kier alpha value is -3.98. The van der Waals surface area contributed by atoms with Gasteiger partial charge in [-0.1, -0.05) is 46.3 Å². The fourth-order valence-corrected chi connectivity index (χ4v) is 2.85. The smallest absolute Gasteiger partial charge is 0.329 e. The molecule has 3 N–H and O–H groups in total. The molecule has 0 saturated heterocycles. The van der Waals surface area contributed by atoms with Crippen LogP contribution < -0.4 is 20.8 Å². The molecule has 0 fully saturated rings. The van der Waals surface area contributed by atoms with Crippen LogP contribution in [-0.2, 0) is 20.9 Å². The quantitative estimate of drug-likeness (QED) is 0.246. The van der Waals surface area contributed by atoms with Gasteiger partial charge >= 0.3 is 11.8 Å². The minimum Gasteiger partial charge on any atom is -0.484 e. The molecule has 168 valence electrons. The second kappa shape index (κ2) is 12.2. The molecule has 3 rings (SSSR count). The average Bonchev–Trinajstić information content (AvgIpc) is 2.84. The van der Waals surface area contributed by atoms with Gasteiger partial charge in [0, 0.05) is 16.7 Å². The molecule has 0 saturated carbocycles. The second-order valence-electron chi connectivity index (χ2n) is 6.78. The number of anilines is 1. The van der Waals surface area contributed by atoms with E-state index in [1.807, 2.05) is 30.3 Å². The molecule has 0 aromatic heterocycles. The van der Waals surface area contributed by atoms with Crippen LogP contribution in [0.4, 0.5) is 5.69 Å². The lowest BCUT2D eigenvalue weighted by molar-refractivity contribution is -0.136. The van der Waals surface area contributed by atoms with Gasteiger partial charge in [-0.3, -0.25) is 14.4 Å². The Bertz CT molecular complexity index is 1120. The molecule has 3 aromatic carbocycles. The van der Waals surface area contributed by atoms with Gasteiger partial charge in [0.15, 0.2) is 6.61 Å². The minimum absolute atomic E-state index is 0.107. The number of ether oxygens (including phenoxy) is 1. The molecule has 9 heteroatoms. The first-order valence-electron chi connectivity index (χ1n) is 9.93. The zero-order valence-electron chi connectivity index (χ0n) is 17.5. The highest BCUT2D eigenvalue weighted by Gasteiger charge is 2.12. The van der Waals surface area contributed by atoms with Crippen molar-refractivity contribution < 1.29 is 19.1 Å². The maximum absolute atomic E-state index is 11.9. The van der Waals surface area contributed by atoms with E-state index in [0.29, 0.717) is 23.5 Å². The zero-order valence-corrected chi connectivity index (χ0v) is 19.0. The Morgan fingerprint density at radius 3 is 2.27 bits per heavy atom. The van der Waals surface area contributed by atoms with Crippen LogP contribution in [0.2, 0.25) is 0 Å². The lowest BCUT2D eigenvalue weighted by Gasteiger charge is -2.08. The fourth-order valence-electron chi connectivity index (χ4n) is 2.58. The largest absolute Gasteiger partial charge is 0.484 e. The Morgan fingerprint density at radius 2 is 1.58 bits per heavy atom. The van der Waals surface area contributed by atoms with E-state index in [-0.39, 0.29) is 12.5 Å². The third kappa shape index (κ3) is 8.23. The third-order valence-electron chi connectivity index (χ3n) is 4.27. The molecule has 0 radical (unpaired) electrons. The molecule has 0 aliphatic carbocycles. The minimum atomic E-state index is -0.893. The summed E-state index contributed by atoms with van der Waals surface area (Å²) in [5, 5.41) is 9.03. The number of hydrazone groups is 1. The van der Waals surface area contributed by atoms with E-state index >= 15 is 0 Å². The highest BCUT2D eigenvalue weighted by Crippen LogP contribution is 2.14. The van der Waals surface area contributed by atoms with Crippen LogP contribution in [0.15, 0.2) is 88.4 Å². The number of benzene rings is 3. The summed E-state index contributed by atoms with van der Waals surface area (Å²) in [5.41, 5.74) is 4.34. The second-order valence-corrected chi connectivity index (χ2v) is 7.70. The highest BCUT2D eigenvalue weighted by atomic mass is 79.9. The molecule has 0 heterocycles. The van der Waals surface area contributed by atoms with Crippen LogP contribution in [0.3, 0.4) is 0 Å². The number of carbonyl (C=O) groups is 3. The van der Waals surface area contributed by atoms with Gasteiger partial charge in [0.05, 0.1) is 6.21 Å². The predicted molar refractivity (Wildman–Crippen MR) is 129 cm³/mol. The summed E-state index contributed by atoms with van der Waals surface area (Å²) in [7, 11) is 0. The maximum Gasteiger partial charge on any atom is 0.329 e. The molecule has 0 unspecified atom stereocenters. The van der Waals surface area contributed by atoms with Crippen LogP contribution >= 0.6 is 15.9 Å². The van der Waals surface area contributed by atoms with Crippen molar-refractivity contribution in [2.24, 2.45) is 5.10 Å². The monoisotopic (exact) mass is 508 g/mol. The number of amides is 3. The zero-order chi connectivity index (χ0) is 23.5. The van der Waals surface area contributed by atoms with E-state index < -0.39 is 11.8 Å². The van der Waals surface area contributed by atoms with Gasteiger partial charge in [-0.15, -0.1) is 0 Å². The lowest BCUT2D eigenvalue weighted by atomic mass is 10.2. The molecular formula is C24H21BrN4O4. The molecular weight excluding hydrogens is 488 g/mol. The van der Waals surface area contributed by atoms with Gasteiger partial charge in [-0.2, -0.15) is 5.10 Å². The van der Waals surface area contributed by atoms with Gasteiger partial charge in [0.1, 0.15) is 5.75 Å². The Balaban J connectivity index is 1.39. The van der Waals surface area contributed by atoms with Crippen molar-refractivity contribution in [3.05, 3.63) is 94.5 Å². The van der Waals surface area contributed by atoms with Gasteiger partial charge < -0.3 is 15.4 Å². The fraction of sp³-hybridized carbons (Fsp3) is 0.0833. The van der Waals surface area contributed by atoms with E-state index in [0.717, 1.165) is 10.0 Å². The van der Waals surface area contributed by atoms with Crippen LogP contribution in [0, 0.1) is 0 Å². The molecule has 0 aliphatic rings. The standard InChI is InChI=1S/C24H21BrN4O4/c25-19-8-10-20(11-9-19)28-23(31)24(32)29-27-15-18-6-12-21(13-7-18)33-16-22(30)26-14-17-4-2-1-3-5-17/h1-13,15H,14,16H2,(H,26,30)(H,28,31)(H,29,32)/b27-15-. The van der Waals surface area contributed by atoms with Crippen LogP contribution in [-0.4, -0.2) is 30.5 Å². The number of carbonyl (C=O) groups excluding carboxylic acids is 3. The predicted octanol–water partition coefficient (Wildman–Crippen LogP) is 3.23. The summed E-state index contributed by atoms with van der Waals surface area (Å²) in [5.74, 6) is -1.44. The summed E-state index contributed by atoms with van der Waals surface area (Å²) in [4.78, 5) is 35.6. The average molecular weight is 509 g/mol. The van der Waals surface area contributed by atoms with E-state index in [9.17, 15) is 14.4 Å². The number of halogens is 1. The first-order valence-corrected chi connectivity index (χ1v) is 10.7. The van der Waals surface area contributed by atoms with E-state index in [4.69, 9.17) is 4.74 Å². The molecule has 0 spiro atoms. The Labute approximate surface area is 199 Å². The summed E-state index contributed by atoms with van der Waals surface area (Å²) < 4.78 is 6.33. The molecule has 0 atom stereocenters. The van der Waals surface area contributed by atoms with Crippen molar-refractivity contribution in [1.29, 1.82) is 0 Å². The summed E-state index contributed by atoms with van der Waals surface area (Å²) >= 11 is 3.29. The van der Waals surface area contributed by atoms with Crippen molar-refractivity contribution >= 4 is 45.6 Å². The van der Waals surface area contributed by atoms with Crippen molar-refractivity contribution in [1.82, 2.24) is 10.7 Å². The van der Waals surface area contributed by atoms with Gasteiger partial charge in [-0.05, 0) is 59.7 Å². The molecule has 3 aromatic rings. The molecule has 33 heavy (non-hydrogen) atoms. The summed E-state index contributed by atoms with van der Waals surface area (Å²) in [6.07, 6.45) is 1.39. The number of hydrogen-bond acceptors (Lipinski definition) is 5. The summed E-state index contributed by atoms with van der Waals surface area (Å²) in [6.45, 7) is 0.328. The van der Waals surface area contributed by atoms with Gasteiger partial charge in [0.25, 0.3) is 5.91 Å².